The second-order valence-electron chi connectivity index (χ2n) is 18.6. The summed E-state index contributed by atoms with van der Waals surface area (Å²) < 4.78 is 16.8. The molecule has 0 aliphatic heterocycles. The van der Waals surface area contributed by atoms with E-state index < -0.39 is 6.10 Å². The highest BCUT2D eigenvalue weighted by atomic mass is 16.6. The van der Waals surface area contributed by atoms with Gasteiger partial charge in [0.1, 0.15) is 13.2 Å². The Kier molecular flexibility index (Phi) is 52.4. The molecule has 0 rings (SSSR count). The molecule has 6 nitrogen and oxygen atoms in total. The van der Waals surface area contributed by atoms with Crippen LogP contribution in [0.5, 0.6) is 0 Å². The van der Waals surface area contributed by atoms with Gasteiger partial charge >= 0.3 is 17.9 Å². The lowest BCUT2D eigenvalue weighted by Crippen LogP contribution is -2.30. The van der Waals surface area contributed by atoms with Crippen molar-refractivity contribution in [2.24, 2.45) is 0 Å². The Balaban J connectivity index is 4.48. The molecule has 0 aliphatic rings. The summed E-state index contributed by atoms with van der Waals surface area (Å²) in [6.07, 6.45) is 71.3. The first-order valence-corrected chi connectivity index (χ1v) is 28.2. The lowest BCUT2D eigenvalue weighted by Gasteiger charge is -2.18. The average Bonchev–Trinajstić information content (AvgIpc) is 3.33. The molecular weight excluding hydrogens is 829 g/mol. The molecule has 0 aromatic heterocycles. The van der Waals surface area contributed by atoms with E-state index >= 15 is 0 Å². The number of rotatable bonds is 50. The van der Waals surface area contributed by atoms with Crippen LogP contribution >= 0.6 is 0 Å². The summed E-state index contributed by atoms with van der Waals surface area (Å²) in [4.78, 5) is 38.1. The predicted octanol–water partition coefficient (Wildman–Crippen LogP) is 18.8. The van der Waals surface area contributed by atoms with Crippen molar-refractivity contribution >= 4 is 17.9 Å². The zero-order valence-electron chi connectivity index (χ0n) is 43.9. The van der Waals surface area contributed by atoms with Gasteiger partial charge in [0.25, 0.3) is 0 Å². The lowest BCUT2D eigenvalue weighted by atomic mass is 10.1. The number of allylic oxidation sites excluding steroid dienone is 14. The fourth-order valence-electron chi connectivity index (χ4n) is 7.67. The number of carbonyl (C=O) groups excluding carboxylic acids is 3. The minimum Gasteiger partial charge on any atom is -0.462 e. The number of ether oxygens (including phenoxy) is 3. The maximum absolute atomic E-state index is 12.8. The molecule has 0 saturated heterocycles. The fourth-order valence-corrected chi connectivity index (χ4v) is 7.67. The number of hydrogen-bond donors (Lipinski definition) is 0. The number of esters is 3. The fraction of sp³-hybridized carbons (Fsp3) is 0.721. The van der Waals surface area contributed by atoms with Gasteiger partial charge in [-0.05, 0) is 96.3 Å². The van der Waals surface area contributed by atoms with E-state index in [0.717, 1.165) is 116 Å². The maximum Gasteiger partial charge on any atom is 0.306 e. The van der Waals surface area contributed by atoms with Crippen LogP contribution in [0.2, 0.25) is 0 Å². The van der Waals surface area contributed by atoms with E-state index in [1.165, 1.54) is 109 Å². The molecule has 0 radical (unpaired) electrons. The number of unbranched alkanes of at least 4 members (excludes halogenated alkanes) is 29. The number of hydrogen-bond acceptors (Lipinski definition) is 6. The van der Waals surface area contributed by atoms with Crippen molar-refractivity contribution in [3.05, 3.63) is 85.1 Å². The van der Waals surface area contributed by atoms with Crippen LogP contribution in [0.25, 0.3) is 0 Å². The summed E-state index contributed by atoms with van der Waals surface area (Å²) >= 11 is 0. The van der Waals surface area contributed by atoms with Crippen LogP contribution in [0, 0.1) is 0 Å². The zero-order valence-corrected chi connectivity index (χ0v) is 43.9. The average molecular weight is 933 g/mol. The number of carbonyl (C=O) groups is 3. The maximum atomic E-state index is 12.8. The van der Waals surface area contributed by atoms with Crippen LogP contribution in [0.3, 0.4) is 0 Å². The molecule has 0 aliphatic carbocycles. The molecule has 0 spiro atoms. The van der Waals surface area contributed by atoms with Gasteiger partial charge in [0.05, 0.1) is 0 Å². The van der Waals surface area contributed by atoms with Crippen molar-refractivity contribution < 1.29 is 28.6 Å². The summed E-state index contributed by atoms with van der Waals surface area (Å²) in [6, 6.07) is 0. The van der Waals surface area contributed by atoms with E-state index in [4.69, 9.17) is 14.2 Å². The van der Waals surface area contributed by atoms with E-state index in [1.54, 1.807) is 0 Å². The minimum absolute atomic E-state index is 0.0989. The largest absolute Gasteiger partial charge is 0.462 e. The van der Waals surface area contributed by atoms with Gasteiger partial charge in [0.2, 0.25) is 0 Å². The van der Waals surface area contributed by atoms with Gasteiger partial charge in [0, 0.05) is 19.3 Å². The van der Waals surface area contributed by atoms with Gasteiger partial charge in [-0.15, -0.1) is 0 Å². The van der Waals surface area contributed by atoms with Crippen molar-refractivity contribution in [2.45, 2.75) is 271 Å². The Hall–Kier alpha value is -3.41. The van der Waals surface area contributed by atoms with Crippen LogP contribution in [0.15, 0.2) is 85.1 Å². The second kappa shape index (κ2) is 55.2. The first-order valence-electron chi connectivity index (χ1n) is 28.2. The molecule has 0 N–H and O–H groups in total. The van der Waals surface area contributed by atoms with E-state index in [9.17, 15) is 14.4 Å². The molecule has 0 bridgehead atoms. The van der Waals surface area contributed by atoms with Crippen LogP contribution in [0.1, 0.15) is 265 Å². The zero-order chi connectivity index (χ0) is 48.6. The predicted molar refractivity (Wildman–Crippen MR) is 288 cm³/mol. The molecular formula is C61H104O6. The molecule has 67 heavy (non-hydrogen) atoms. The Bertz CT molecular complexity index is 1300. The standard InChI is InChI=1S/C61H104O6/c1-4-7-10-13-16-19-22-25-27-29-31-33-36-39-42-45-48-51-54-60(63)66-57-58(56-65-59(62)53-50-47-44-41-38-35-24-21-18-15-12-9-6-3)67-61(64)55-52-49-46-43-40-37-34-32-30-28-26-23-20-17-14-11-8-5-2/h16,19,22,25,27-35,38,58H,4-15,17-18,20-21,23-24,26,36-37,39-57H2,1-3H3/b19-16-,25-22-,29-27-,30-28-,33-31-,34-32-,38-35-. The first kappa shape index (κ1) is 63.6. The van der Waals surface area contributed by atoms with Gasteiger partial charge in [0.15, 0.2) is 6.10 Å². The van der Waals surface area contributed by atoms with E-state index in [-0.39, 0.29) is 31.1 Å². The van der Waals surface area contributed by atoms with Gasteiger partial charge in [-0.25, -0.2) is 0 Å². The summed E-state index contributed by atoms with van der Waals surface area (Å²) in [5, 5.41) is 0. The van der Waals surface area contributed by atoms with Crippen molar-refractivity contribution in [3.8, 4) is 0 Å². The highest BCUT2D eigenvalue weighted by Gasteiger charge is 2.19. The summed E-state index contributed by atoms with van der Waals surface area (Å²) in [5.74, 6) is -0.948. The van der Waals surface area contributed by atoms with Crippen LogP contribution in [-0.4, -0.2) is 37.2 Å². The van der Waals surface area contributed by atoms with Gasteiger partial charge < -0.3 is 14.2 Å². The Morgan fingerprint density at radius 2 is 0.552 bits per heavy atom. The van der Waals surface area contributed by atoms with Crippen molar-refractivity contribution in [1.29, 1.82) is 0 Å². The van der Waals surface area contributed by atoms with E-state index in [0.29, 0.717) is 19.3 Å². The Morgan fingerprint density at radius 3 is 0.940 bits per heavy atom. The molecule has 1 atom stereocenters. The van der Waals surface area contributed by atoms with Gasteiger partial charge in [-0.2, -0.15) is 0 Å². The molecule has 0 aromatic carbocycles. The highest BCUT2D eigenvalue weighted by Crippen LogP contribution is 2.14. The van der Waals surface area contributed by atoms with Gasteiger partial charge in [-0.3, -0.25) is 14.4 Å². The van der Waals surface area contributed by atoms with Crippen LogP contribution in [0.4, 0.5) is 0 Å². The normalized spacial score (nSPS) is 12.7. The summed E-state index contributed by atoms with van der Waals surface area (Å²) in [5.41, 5.74) is 0. The van der Waals surface area contributed by atoms with E-state index in [1.807, 2.05) is 0 Å². The summed E-state index contributed by atoms with van der Waals surface area (Å²) in [6.45, 7) is 6.55. The SMILES string of the molecule is CCCCC\C=C/C=C\C=C/C=C\CCCCCCCC(=O)OCC(COC(=O)CCCCC/C=C\CCCCCCCC)OC(=O)CCCCCCC/C=C\C=C/CCCCCCCCC. The topological polar surface area (TPSA) is 78.9 Å². The van der Waals surface area contributed by atoms with Crippen LogP contribution < -0.4 is 0 Å². The third-order valence-electron chi connectivity index (χ3n) is 12.0. The quantitative estimate of drug-likeness (QED) is 0.0199. The minimum atomic E-state index is -0.801. The second-order valence-corrected chi connectivity index (χ2v) is 18.6. The van der Waals surface area contributed by atoms with Crippen molar-refractivity contribution in [3.63, 3.8) is 0 Å². The molecule has 0 aromatic rings. The molecule has 384 valence electrons. The molecule has 6 heteroatoms. The molecule has 0 heterocycles. The van der Waals surface area contributed by atoms with E-state index in [2.05, 4.69) is 106 Å². The van der Waals surface area contributed by atoms with Crippen LogP contribution in [-0.2, 0) is 28.6 Å². The highest BCUT2D eigenvalue weighted by molar-refractivity contribution is 5.71. The molecule has 1 unspecified atom stereocenters. The third-order valence-corrected chi connectivity index (χ3v) is 12.0. The molecule has 0 fully saturated rings. The monoisotopic (exact) mass is 933 g/mol. The lowest BCUT2D eigenvalue weighted by molar-refractivity contribution is -0.167. The molecule has 0 amide bonds. The first-order chi connectivity index (χ1) is 33.0. The van der Waals surface area contributed by atoms with Crippen molar-refractivity contribution in [1.82, 2.24) is 0 Å². The Morgan fingerprint density at radius 1 is 0.299 bits per heavy atom. The van der Waals surface area contributed by atoms with Gasteiger partial charge in [-0.1, -0.05) is 234 Å². The summed E-state index contributed by atoms with van der Waals surface area (Å²) in [7, 11) is 0. The van der Waals surface area contributed by atoms with Crippen molar-refractivity contribution in [2.75, 3.05) is 13.2 Å². The smallest absolute Gasteiger partial charge is 0.306 e. The third kappa shape index (κ3) is 53.4. The molecule has 0 saturated carbocycles. The Labute approximate surface area is 414 Å².